The molecule has 2 N–H and O–H groups in total. The van der Waals surface area contributed by atoms with Crippen molar-refractivity contribution in [2.75, 3.05) is 10.0 Å². The molecule has 0 bridgehead atoms. The lowest BCUT2D eigenvalue weighted by molar-refractivity contribution is -0.137. The van der Waals surface area contributed by atoms with E-state index in [4.69, 9.17) is 11.6 Å². The number of hydrogen-bond donors (Lipinski definition) is 2. The summed E-state index contributed by atoms with van der Waals surface area (Å²) in [7, 11) is -3.88. The van der Waals surface area contributed by atoms with Crippen molar-refractivity contribution >= 4 is 43.9 Å². The van der Waals surface area contributed by atoms with E-state index >= 15 is 0 Å². The highest BCUT2D eigenvalue weighted by Crippen LogP contribution is 2.38. The summed E-state index contributed by atoms with van der Waals surface area (Å²) in [5.41, 5.74) is 0.831. The third kappa shape index (κ3) is 4.98. The minimum Gasteiger partial charge on any atom is -0.365 e. The number of anilines is 2. The van der Waals surface area contributed by atoms with E-state index in [9.17, 15) is 21.6 Å². The third-order valence-corrected chi connectivity index (χ3v) is 8.50. The van der Waals surface area contributed by atoms with E-state index in [1.165, 1.54) is 17.4 Å². The fourth-order valence-corrected chi connectivity index (χ4v) is 5.95. The lowest BCUT2D eigenvalue weighted by Crippen LogP contribution is -2.23. The Labute approximate surface area is 203 Å². The second kappa shape index (κ2) is 8.97. The van der Waals surface area contributed by atoms with Gasteiger partial charge in [0, 0.05) is 24.1 Å². The zero-order chi connectivity index (χ0) is 24.8. The number of rotatable bonds is 6. The normalized spacial score (nSPS) is 18.2. The molecule has 4 rings (SSSR count). The quantitative estimate of drug-likeness (QED) is 0.425. The van der Waals surface area contributed by atoms with Crippen LogP contribution < -0.4 is 10.0 Å². The Morgan fingerprint density at radius 2 is 1.94 bits per heavy atom. The van der Waals surface area contributed by atoms with Crippen LogP contribution in [0.4, 0.5) is 24.1 Å². The Kier molecular flexibility index (Phi) is 6.51. The molecule has 0 spiro atoms. The van der Waals surface area contributed by atoms with Gasteiger partial charge in [-0.05, 0) is 35.7 Å². The van der Waals surface area contributed by atoms with E-state index in [-0.39, 0.29) is 38.7 Å². The van der Waals surface area contributed by atoms with Gasteiger partial charge in [0.1, 0.15) is 10.8 Å². The van der Waals surface area contributed by atoms with E-state index in [0.717, 1.165) is 28.4 Å². The van der Waals surface area contributed by atoms with E-state index in [2.05, 4.69) is 25.2 Å². The van der Waals surface area contributed by atoms with Crippen molar-refractivity contribution in [1.82, 2.24) is 15.2 Å². The summed E-state index contributed by atoms with van der Waals surface area (Å²) >= 11 is 7.22. The summed E-state index contributed by atoms with van der Waals surface area (Å²) in [4.78, 5) is 3.93. The average molecular weight is 532 g/mol. The maximum Gasteiger partial charge on any atom is 0.417 e. The number of pyridine rings is 1. The maximum atomic E-state index is 12.9. The Balaban J connectivity index is 1.52. The molecule has 2 heterocycles. The number of nitrogens with one attached hydrogen (secondary N) is 2. The van der Waals surface area contributed by atoms with Crippen LogP contribution in [0.2, 0.25) is 5.02 Å². The van der Waals surface area contributed by atoms with Crippen LogP contribution >= 0.6 is 22.9 Å². The predicted molar refractivity (Wildman–Crippen MR) is 125 cm³/mol. The number of sulfonamides is 1. The highest BCUT2D eigenvalue weighted by molar-refractivity contribution is 7.93. The molecule has 0 saturated carbocycles. The number of alkyl halides is 3. The zero-order valence-corrected chi connectivity index (χ0v) is 20.7. The molecule has 7 nitrogen and oxygen atoms in total. The summed E-state index contributed by atoms with van der Waals surface area (Å²) in [6.45, 7) is 5.79. The van der Waals surface area contributed by atoms with Crippen molar-refractivity contribution in [2.45, 2.75) is 56.1 Å². The number of fused-ring (bicyclic) bond motifs is 1. The second-order valence-corrected chi connectivity index (χ2v) is 11.5. The van der Waals surface area contributed by atoms with Gasteiger partial charge in [0.2, 0.25) is 5.13 Å². The molecule has 0 amide bonds. The van der Waals surface area contributed by atoms with Crippen molar-refractivity contribution in [3.8, 4) is 0 Å². The molecule has 182 valence electrons. The van der Waals surface area contributed by atoms with Crippen molar-refractivity contribution in [3.63, 3.8) is 0 Å². The molecule has 1 aromatic carbocycles. The van der Waals surface area contributed by atoms with Crippen molar-refractivity contribution in [1.29, 1.82) is 0 Å². The van der Waals surface area contributed by atoms with Gasteiger partial charge in [0.15, 0.2) is 0 Å². The first-order valence-electron chi connectivity index (χ1n) is 10.3. The number of hydrogen-bond acceptors (Lipinski definition) is 7. The summed E-state index contributed by atoms with van der Waals surface area (Å²) in [6, 6.07) is 5.47. The Morgan fingerprint density at radius 3 is 2.56 bits per heavy atom. The molecular weight excluding hydrogens is 511 g/mol. The molecule has 2 unspecified atom stereocenters. The minimum absolute atomic E-state index is 0.0886. The van der Waals surface area contributed by atoms with Gasteiger partial charge in [0.25, 0.3) is 10.0 Å². The number of benzene rings is 1. The van der Waals surface area contributed by atoms with Gasteiger partial charge in [-0.1, -0.05) is 49.8 Å². The van der Waals surface area contributed by atoms with Crippen LogP contribution in [0.3, 0.4) is 0 Å². The van der Waals surface area contributed by atoms with Gasteiger partial charge in [-0.2, -0.15) is 13.2 Å². The smallest absolute Gasteiger partial charge is 0.365 e. The average Bonchev–Trinajstić information content (AvgIpc) is 3.33. The van der Waals surface area contributed by atoms with Gasteiger partial charge >= 0.3 is 6.18 Å². The number of nitrogens with zero attached hydrogens (tertiary/aromatic N) is 3. The first kappa shape index (κ1) is 24.7. The molecule has 0 saturated heterocycles. The molecule has 0 aliphatic heterocycles. The molecule has 1 aliphatic rings. The van der Waals surface area contributed by atoms with Crippen LogP contribution in [0.15, 0.2) is 35.4 Å². The van der Waals surface area contributed by atoms with E-state index in [1.807, 2.05) is 20.8 Å². The zero-order valence-electron chi connectivity index (χ0n) is 18.3. The summed E-state index contributed by atoms with van der Waals surface area (Å²) in [5, 5.41) is 11.8. The van der Waals surface area contributed by atoms with Crippen molar-refractivity contribution in [2.24, 2.45) is 0 Å². The molecular formula is C21H21ClF3N5O2S2. The Morgan fingerprint density at radius 1 is 1.21 bits per heavy atom. The first-order valence-corrected chi connectivity index (χ1v) is 13.0. The summed E-state index contributed by atoms with van der Waals surface area (Å²) < 4.78 is 66.9. The molecule has 0 radical (unpaired) electrons. The minimum atomic E-state index is -4.53. The SMILES string of the molecule is CC(C)c1nnc(NS(=O)(=O)c2ccc3c(c2)C(C)C(Nc2ncc(C(F)(F)F)cc2Cl)C3)s1. The Bertz CT molecular complexity index is 1330. The summed E-state index contributed by atoms with van der Waals surface area (Å²) in [5.74, 6) is 0.138. The van der Waals surface area contributed by atoms with E-state index < -0.39 is 21.8 Å². The number of halogens is 4. The molecule has 34 heavy (non-hydrogen) atoms. The molecule has 0 fully saturated rings. The Hall–Kier alpha value is -2.44. The predicted octanol–water partition coefficient (Wildman–Crippen LogP) is 5.67. The van der Waals surface area contributed by atoms with Gasteiger partial charge in [0.05, 0.1) is 15.5 Å². The highest BCUT2D eigenvalue weighted by atomic mass is 35.5. The van der Waals surface area contributed by atoms with Gasteiger partial charge in [-0.3, -0.25) is 4.72 Å². The van der Waals surface area contributed by atoms with Crippen molar-refractivity contribution < 1.29 is 21.6 Å². The molecule has 1 aliphatic carbocycles. The largest absolute Gasteiger partial charge is 0.417 e. The van der Waals surface area contributed by atoms with Gasteiger partial charge in [-0.15, -0.1) is 10.2 Å². The lowest BCUT2D eigenvalue weighted by atomic mass is 10.0. The van der Waals surface area contributed by atoms with Crippen LogP contribution in [0.5, 0.6) is 0 Å². The van der Waals surface area contributed by atoms with Crippen molar-refractivity contribution in [3.05, 3.63) is 57.2 Å². The highest BCUT2D eigenvalue weighted by Gasteiger charge is 2.34. The van der Waals surface area contributed by atoms with E-state index in [0.29, 0.717) is 6.42 Å². The van der Waals surface area contributed by atoms with Gasteiger partial charge < -0.3 is 5.32 Å². The van der Waals surface area contributed by atoms with Crippen LogP contribution in [-0.2, 0) is 22.6 Å². The van der Waals surface area contributed by atoms with Crippen LogP contribution in [0.25, 0.3) is 0 Å². The lowest BCUT2D eigenvalue weighted by Gasteiger charge is -2.20. The standard InChI is InChI=1S/C21H21ClF3N5O2S2/c1-10(2)19-28-29-20(33-19)30-34(31,32)14-5-4-12-6-17(11(3)15(12)8-14)27-18-16(22)7-13(9-26-18)21(23,24)25/h4-5,7-11,17H,6H2,1-3H3,(H,26,27)(H,29,30). The fraction of sp³-hybridized carbons (Fsp3) is 0.381. The molecule has 2 aromatic heterocycles. The number of aromatic nitrogens is 3. The van der Waals surface area contributed by atoms with Crippen LogP contribution in [-0.4, -0.2) is 29.6 Å². The monoisotopic (exact) mass is 531 g/mol. The van der Waals surface area contributed by atoms with Gasteiger partial charge in [-0.25, -0.2) is 13.4 Å². The molecule has 3 aromatic rings. The molecule has 2 atom stereocenters. The third-order valence-electron chi connectivity index (χ3n) is 5.61. The van der Waals surface area contributed by atoms with Crippen LogP contribution in [0.1, 0.15) is 54.3 Å². The van der Waals surface area contributed by atoms with E-state index in [1.54, 1.807) is 12.1 Å². The fourth-order valence-electron chi connectivity index (χ4n) is 3.71. The maximum absolute atomic E-state index is 12.9. The second-order valence-electron chi connectivity index (χ2n) is 8.36. The summed E-state index contributed by atoms with van der Waals surface area (Å²) in [6.07, 6.45) is -3.26. The topological polar surface area (TPSA) is 96.9 Å². The first-order chi connectivity index (χ1) is 15.8. The molecule has 13 heteroatoms. The van der Waals surface area contributed by atoms with Crippen LogP contribution in [0, 0.1) is 0 Å².